The first-order valence-corrected chi connectivity index (χ1v) is 6.91. The van der Waals surface area contributed by atoms with Gasteiger partial charge in [-0.05, 0) is 29.8 Å². The van der Waals surface area contributed by atoms with Crippen LogP contribution in [0.25, 0.3) is 6.08 Å². The third-order valence-corrected chi connectivity index (χ3v) is 3.03. The summed E-state index contributed by atoms with van der Waals surface area (Å²) >= 11 is 5.95. The van der Waals surface area contributed by atoms with Crippen molar-refractivity contribution >= 4 is 29.6 Å². The van der Waals surface area contributed by atoms with Crippen LogP contribution >= 0.6 is 11.6 Å². The summed E-state index contributed by atoms with van der Waals surface area (Å²) in [6.45, 7) is -0.106. The Labute approximate surface area is 132 Å². The molecule has 0 aliphatic heterocycles. The van der Waals surface area contributed by atoms with Crippen molar-refractivity contribution in [2.75, 3.05) is 6.61 Å². The molecule has 1 N–H and O–H groups in total. The summed E-state index contributed by atoms with van der Waals surface area (Å²) in [5.41, 5.74) is 0.698. The average molecular weight is 320 g/mol. The summed E-state index contributed by atoms with van der Waals surface area (Å²) in [7, 11) is 0. The molecular weight excluding hydrogens is 306 g/mol. The molecule has 0 aliphatic carbocycles. The molecular formula is C16H14ClNO4. The molecule has 22 heavy (non-hydrogen) atoms. The number of esters is 1. The number of carbonyl (C=O) groups excluding carboxylic acids is 2. The Kier molecular flexibility index (Phi) is 5.80. The maximum absolute atomic E-state index is 11.5. The molecule has 0 radical (unpaired) electrons. The molecule has 2 rings (SSSR count). The van der Waals surface area contributed by atoms with Crippen LogP contribution in [0.3, 0.4) is 0 Å². The van der Waals surface area contributed by atoms with Gasteiger partial charge in [-0.15, -0.1) is 0 Å². The van der Waals surface area contributed by atoms with E-state index in [0.29, 0.717) is 16.3 Å². The van der Waals surface area contributed by atoms with Gasteiger partial charge in [0.1, 0.15) is 5.76 Å². The van der Waals surface area contributed by atoms with Crippen molar-refractivity contribution in [1.29, 1.82) is 0 Å². The van der Waals surface area contributed by atoms with Crippen molar-refractivity contribution in [3.63, 3.8) is 0 Å². The molecule has 1 aromatic carbocycles. The molecule has 0 fully saturated rings. The Hall–Kier alpha value is -2.53. The summed E-state index contributed by atoms with van der Waals surface area (Å²) in [6.07, 6.45) is 4.27. The van der Waals surface area contributed by atoms with E-state index in [-0.39, 0.29) is 13.2 Å². The number of amides is 1. The summed E-state index contributed by atoms with van der Waals surface area (Å²) in [4.78, 5) is 23.0. The van der Waals surface area contributed by atoms with E-state index in [0.717, 1.165) is 0 Å². The molecule has 0 unspecified atom stereocenters. The molecule has 5 nitrogen and oxygen atoms in total. The molecule has 0 aliphatic rings. The lowest BCUT2D eigenvalue weighted by Gasteiger charge is -2.03. The molecule has 0 saturated heterocycles. The van der Waals surface area contributed by atoms with Crippen LogP contribution in [-0.2, 0) is 20.9 Å². The number of nitrogens with one attached hydrogen (secondary N) is 1. The van der Waals surface area contributed by atoms with Crippen LogP contribution in [0, 0.1) is 0 Å². The molecule has 0 atom stereocenters. The molecule has 1 aromatic heterocycles. The van der Waals surface area contributed by atoms with E-state index in [4.69, 9.17) is 20.8 Å². The van der Waals surface area contributed by atoms with E-state index < -0.39 is 11.9 Å². The van der Waals surface area contributed by atoms with Crippen LogP contribution < -0.4 is 5.32 Å². The monoisotopic (exact) mass is 319 g/mol. The van der Waals surface area contributed by atoms with Crippen molar-refractivity contribution in [2.24, 2.45) is 0 Å². The second-order valence-corrected chi connectivity index (χ2v) is 4.73. The summed E-state index contributed by atoms with van der Waals surface area (Å²) in [6, 6.07) is 10.5. The molecule has 2 aromatic rings. The maximum Gasteiger partial charge on any atom is 0.331 e. The zero-order chi connectivity index (χ0) is 15.8. The fourth-order valence-electron chi connectivity index (χ4n) is 1.60. The topological polar surface area (TPSA) is 68.5 Å². The van der Waals surface area contributed by atoms with Gasteiger partial charge in [0.15, 0.2) is 6.61 Å². The van der Waals surface area contributed by atoms with Crippen LogP contribution in [0.5, 0.6) is 0 Å². The van der Waals surface area contributed by atoms with Crippen molar-refractivity contribution in [3.05, 3.63) is 65.1 Å². The SMILES string of the molecule is O=C(COC(=O)/C=C/c1ccccc1Cl)NCc1ccco1. The number of ether oxygens (including phenoxy) is 1. The largest absolute Gasteiger partial charge is 0.467 e. The van der Waals surface area contributed by atoms with Gasteiger partial charge in [0.05, 0.1) is 12.8 Å². The van der Waals surface area contributed by atoms with Crippen molar-refractivity contribution in [1.82, 2.24) is 5.32 Å². The molecule has 0 bridgehead atoms. The minimum atomic E-state index is -0.618. The van der Waals surface area contributed by atoms with Crippen LogP contribution in [-0.4, -0.2) is 18.5 Å². The smallest absolute Gasteiger partial charge is 0.331 e. The fraction of sp³-hybridized carbons (Fsp3) is 0.125. The Morgan fingerprint density at radius 2 is 2.05 bits per heavy atom. The molecule has 0 spiro atoms. The van der Waals surface area contributed by atoms with Gasteiger partial charge in [0, 0.05) is 11.1 Å². The summed E-state index contributed by atoms with van der Waals surface area (Å²) in [5, 5.41) is 3.10. The Bertz CT molecular complexity index is 665. The molecule has 1 amide bonds. The highest BCUT2D eigenvalue weighted by Gasteiger charge is 2.06. The van der Waals surface area contributed by atoms with E-state index in [2.05, 4.69) is 5.32 Å². The van der Waals surface area contributed by atoms with Crippen molar-refractivity contribution in [3.8, 4) is 0 Å². The zero-order valence-electron chi connectivity index (χ0n) is 11.6. The summed E-state index contributed by atoms with van der Waals surface area (Å²) in [5.74, 6) is -0.401. The minimum absolute atomic E-state index is 0.249. The van der Waals surface area contributed by atoms with Crippen LogP contribution in [0.4, 0.5) is 0 Å². The lowest BCUT2D eigenvalue weighted by Crippen LogP contribution is -2.27. The first-order chi connectivity index (χ1) is 10.6. The fourth-order valence-corrected chi connectivity index (χ4v) is 1.80. The number of hydrogen-bond donors (Lipinski definition) is 1. The highest BCUT2D eigenvalue weighted by atomic mass is 35.5. The van der Waals surface area contributed by atoms with Crippen molar-refractivity contribution in [2.45, 2.75) is 6.54 Å². The first kappa shape index (κ1) is 15.9. The van der Waals surface area contributed by atoms with Gasteiger partial charge in [-0.3, -0.25) is 4.79 Å². The highest BCUT2D eigenvalue weighted by Crippen LogP contribution is 2.16. The van der Waals surface area contributed by atoms with Gasteiger partial charge in [-0.1, -0.05) is 29.8 Å². The predicted octanol–water partition coefficient (Wildman–Crippen LogP) is 2.81. The first-order valence-electron chi connectivity index (χ1n) is 6.53. The molecule has 1 heterocycles. The third kappa shape index (κ3) is 5.10. The van der Waals surface area contributed by atoms with E-state index >= 15 is 0 Å². The predicted molar refractivity (Wildman–Crippen MR) is 82.0 cm³/mol. The normalized spacial score (nSPS) is 10.6. The van der Waals surface area contributed by atoms with Crippen molar-refractivity contribution < 1.29 is 18.7 Å². The van der Waals surface area contributed by atoms with E-state index in [1.165, 1.54) is 18.4 Å². The maximum atomic E-state index is 11.5. The van der Waals surface area contributed by atoms with Gasteiger partial charge >= 0.3 is 5.97 Å². The second-order valence-electron chi connectivity index (χ2n) is 4.32. The number of rotatable bonds is 6. The Balaban J connectivity index is 1.73. The second kappa shape index (κ2) is 8.05. The Morgan fingerprint density at radius 3 is 2.77 bits per heavy atom. The highest BCUT2D eigenvalue weighted by molar-refractivity contribution is 6.32. The third-order valence-electron chi connectivity index (χ3n) is 2.69. The van der Waals surface area contributed by atoms with Gasteiger partial charge in [-0.2, -0.15) is 0 Å². The number of hydrogen-bond acceptors (Lipinski definition) is 4. The average Bonchev–Trinajstić information content (AvgIpc) is 3.03. The van der Waals surface area contributed by atoms with E-state index in [1.54, 1.807) is 36.4 Å². The lowest BCUT2D eigenvalue weighted by atomic mass is 10.2. The molecule has 114 valence electrons. The summed E-state index contributed by atoms with van der Waals surface area (Å²) < 4.78 is 9.89. The number of benzene rings is 1. The van der Waals surface area contributed by atoms with Crippen LogP contribution in [0.2, 0.25) is 5.02 Å². The van der Waals surface area contributed by atoms with Crippen LogP contribution in [0.15, 0.2) is 53.2 Å². The van der Waals surface area contributed by atoms with E-state index in [9.17, 15) is 9.59 Å². The standard InChI is InChI=1S/C16H14ClNO4/c17-14-6-2-1-4-12(14)7-8-16(20)22-11-15(19)18-10-13-5-3-9-21-13/h1-9H,10-11H2,(H,18,19)/b8-7+. The molecule has 0 saturated carbocycles. The van der Waals surface area contributed by atoms with Gasteiger partial charge in [-0.25, -0.2) is 4.79 Å². The molecule has 6 heteroatoms. The quantitative estimate of drug-likeness (QED) is 0.656. The van der Waals surface area contributed by atoms with Gasteiger partial charge in [0.2, 0.25) is 0 Å². The van der Waals surface area contributed by atoms with Gasteiger partial charge in [0.25, 0.3) is 5.91 Å². The lowest BCUT2D eigenvalue weighted by molar-refractivity contribution is -0.143. The number of halogens is 1. The Morgan fingerprint density at radius 1 is 1.23 bits per heavy atom. The van der Waals surface area contributed by atoms with E-state index in [1.807, 2.05) is 0 Å². The minimum Gasteiger partial charge on any atom is -0.467 e. The zero-order valence-corrected chi connectivity index (χ0v) is 12.4. The number of carbonyl (C=O) groups is 2. The van der Waals surface area contributed by atoms with Crippen LogP contribution in [0.1, 0.15) is 11.3 Å². The van der Waals surface area contributed by atoms with Gasteiger partial charge < -0.3 is 14.5 Å². The number of furan rings is 1.